The van der Waals surface area contributed by atoms with Crippen LogP contribution in [0.1, 0.15) is 43.2 Å². The number of alkyl halides is 3. The van der Waals surface area contributed by atoms with E-state index >= 15 is 0 Å². The van der Waals surface area contributed by atoms with E-state index in [4.69, 9.17) is 21.1 Å². The lowest BCUT2D eigenvalue weighted by Crippen LogP contribution is -2.49. The third kappa shape index (κ3) is 7.40. The number of esters is 2. The Balaban J connectivity index is 1.27. The van der Waals surface area contributed by atoms with Gasteiger partial charge in [0.25, 0.3) is 0 Å². The number of β-amino-alcohol motifs (C(OH)–C–C–N with tert-alkyl or cyclic N) is 1. The fourth-order valence-corrected chi connectivity index (χ4v) is 5.16. The average molecular weight is 574 g/mol. The van der Waals surface area contributed by atoms with Crippen molar-refractivity contribution in [1.82, 2.24) is 4.90 Å². The normalized spacial score (nSPS) is 18.2. The Morgan fingerprint density at radius 1 is 1.18 bits per heavy atom. The van der Waals surface area contributed by atoms with Crippen molar-refractivity contribution in [3.8, 4) is 11.5 Å². The van der Waals surface area contributed by atoms with Gasteiger partial charge in [-0.2, -0.15) is 13.2 Å². The summed E-state index contributed by atoms with van der Waals surface area (Å²) in [6.45, 7) is 3.01. The summed E-state index contributed by atoms with van der Waals surface area (Å²) < 4.78 is 66.7. The highest BCUT2D eigenvalue weighted by Crippen LogP contribution is 2.42. The fraction of sp³-hybridized carbons (Fsp3) is 0.481. The van der Waals surface area contributed by atoms with Crippen molar-refractivity contribution < 1.29 is 46.5 Å². The highest BCUT2D eigenvalue weighted by Gasteiger charge is 2.43. The molecule has 1 spiro atoms. The number of rotatable bonds is 8. The number of carbonyl (C=O) groups is 2. The number of ether oxygens (including phenoxy) is 3. The van der Waals surface area contributed by atoms with Crippen LogP contribution in [-0.2, 0) is 20.7 Å². The van der Waals surface area contributed by atoms with Crippen molar-refractivity contribution in [1.29, 1.82) is 0 Å². The molecule has 0 amide bonds. The highest BCUT2D eigenvalue weighted by molar-refractivity contribution is 6.30. The SMILES string of the molecule is CC(CC(=O)OC(=O)C(F)(F)F)c1ccc(F)cc1OC[C@H](O)CN1CCC2(CC1)Cc1cc(Cl)ccc1O2. The Hall–Kier alpha value is -2.89. The van der Waals surface area contributed by atoms with Gasteiger partial charge in [-0.15, -0.1) is 0 Å². The van der Waals surface area contributed by atoms with E-state index < -0.39 is 42.4 Å². The molecule has 2 aliphatic rings. The first kappa shape index (κ1) is 29.1. The number of hydrogen-bond acceptors (Lipinski definition) is 7. The van der Waals surface area contributed by atoms with Crippen LogP contribution in [0.25, 0.3) is 0 Å². The smallest absolute Gasteiger partial charge is 0.490 e. The van der Waals surface area contributed by atoms with Crippen LogP contribution in [0.3, 0.4) is 0 Å². The number of aliphatic hydroxyl groups is 1. The van der Waals surface area contributed by atoms with Gasteiger partial charge in [-0.3, -0.25) is 4.79 Å². The van der Waals surface area contributed by atoms with E-state index in [0.29, 0.717) is 30.2 Å². The maximum atomic E-state index is 13.9. The lowest BCUT2D eigenvalue weighted by atomic mass is 9.87. The van der Waals surface area contributed by atoms with Gasteiger partial charge in [0, 0.05) is 50.0 Å². The summed E-state index contributed by atoms with van der Waals surface area (Å²) in [6.07, 6.45) is -4.46. The van der Waals surface area contributed by atoms with Crippen molar-refractivity contribution in [2.24, 2.45) is 0 Å². The number of aliphatic hydroxyl groups excluding tert-OH is 1. The first-order valence-electron chi connectivity index (χ1n) is 12.5. The molecule has 2 atom stereocenters. The molecule has 0 aromatic heterocycles. The van der Waals surface area contributed by atoms with E-state index in [0.717, 1.165) is 42.7 Å². The summed E-state index contributed by atoms with van der Waals surface area (Å²) in [5.41, 5.74) is 1.12. The van der Waals surface area contributed by atoms with E-state index in [1.807, 2.05) is 12.1 Å². The number of nitrogens with zero attached hydrogens (tertiary/aromatic N) is 1. The third-order valence-electron chi connectivity index (χ3n) is 6.95. The molecule has 1 saturated heterocycles. The second-order valence-electron chi connectivity index (χ2n) is 10.0. The summed E-state index contributed by atoms with van der Waals surface area (Å²) in [5.74, 6) is -4.48. The quantitative estimate of drug-likeness (QED) is 0.275. The van der Waals surface area contributed by atoms with Gasteiger partial charge >= 0.3 is 18.1 Å². The van der Waals surface area contributed by atoms with E-state index in [-0.39, 0.29) is 18.0 Å². The van der Waals surface area contributed by atoms with Crippen LogP contribution >= 0.6 is 11.6 Å². The predicted molar refractivity (Wildman–Crippen MR) is 132 cm³/mol. The van der Waals surface area contributed by atoms with Gasteiger partial charge in [0.05, 0.1) is 6.42 Å². The fourth-order valence-electron chi connectivity index (χ4n) is 4.96. The zero-order valence-electron chi connectivity index (χ0n) is 21.1. The van der Waals surface area contributed by atoms with Crippen LogP contribution in [0.15, 0.2) is 36.4 Å². The first-order valence-corrected chi connectivity index (χ1v) is 12.8. The van der Waals surface area contributed by atoms with Crippen LogP contribution in [0, 0.1) is 5.82 Å². The lowest BCUT2D eigenvalue weighted by Gasteiger charge is -2.39. The highest BCUT2D eigenvalue weighted by atomic mass is 35.5. The topological polar surface area (TPSA) is 85.3 Å². The van der Waals surface area contributed by atoms with Crippen LogP contribution < -0.4 is 9.47 Å². The average Bonchev–Trinajstić information content (AvgIpc) is 3.20. The van der Waals surface area contributed by atoms with Crippen LogP contribution in [0.4, 0.5) is 17.6 Å². The Morgan fingerprint density at radius 3 is 2.59 bits per heavy atom. The van der Waals surface area contributed by atoms with Gasteiger partial charge in [-0.25, -0.2) is 9.18 Å². The van der Waals surface area contributed by atoms with Gasteiger partial charge in [0.15, 0.2) is 0 Å². The molecule has 39 heavy (non-hydrogen) atoms. The van der Waals surface area contributed by atoms with Crippen molar-refractivity contribution in [3.05, 3.63) is 58.4 Å². The maximum Gasteiger partial charge on any atom is 0.491 e. The predicted octanol–water partition coefficient (Wildman–Crippen LogP) is 4.81. The number of hydrogen-bond donors (Lipinski definition) is 1. The molecule has 1 fully saturated rings. The van der Waals surface area contributed by atoms with Crippen molar-refractivity contribution >= 4 is 23.5 Å². The van der Waals surface area contributed by atoms with E-state index in [9.17, 15) is 32.3 Å². The first-order chi connectivity index (χ1) is 18.3. The Kier molecular flexibility index (Phi) is 8.72. The minimum Gasteiger partial charge on any atom is -0.490 e. The van der Waals surface area contributed by atoms with E-state index in [1.54, 1.807) is 6.07 Å². The van der Waals surface area contributed by atoms with Gasteiger partial charge < -0.3 is 24.2 Å². The molecule has 0 radical (unpaired) electrons. The second-order valence-corrected chi connectivity index (χ2v) is 10.5. The molecular formula is C27H28ClF4NO6. The summed E-state index contributed by atoms with van der Waals surface area (Å²) in [5, 5.41) is 11.3. The minimum absolute atomic E-state index is 0.0323. The van der Waals surface area contributed by atoms with Crippen molar-refractivity contribution in [2.45, 2.75) is 56.4 Å². The summed E-state index contributed by atoms with van der Waals surface area (Å²) in [6, 6.07) is 9.12. The van der Waals surface area contributed by atoms with Gasteiger partial charge in [-0.1, -0.05) is 24.6 Å². The zero-order valence-corrected chi connectivity index (χ0v) is 21.9. The van der Waals surface area contributed by atoms with Gasteiger partial charge in [0.2, 0.25) is 0 Å². The third-order valence-corrected chi connectivity index (χ3v) is 7.18. The number of carbonyl (C=O) groups excluding carboxylic acids is 2. The molecule has 212 valence electrons. The minimum atomic E-state index is -5.29. The number of benzene rings is 2. The van der Waals surface area contributed by atoms with Crippen LogP contribution in [0.5, 0.6) is 11.5 Å². The van der Waals surface area contributed by atoms with E-state index in [2.05, 4.69) is 9.64 Å². The number of halogens is 5. The Morgan fingerprint density at radius 2 is 1.90 bits per heavy atom. The van der Waals surface area contributed by atoms with Crippen molar-refractivity contribution in [3.63, 3.8) is 0 Å². The van der Waals surface area contributed by atoms with Gasteiger partial charge in [0.1, 0.15) is 35.6 Å². The molecular weight excluding hydrogens is 546 g/mol. The summed E-state index contributed by atoms with van der Waals surface area (Å²) in [7, 11) is 0. The molecule has 1 N–H and O–H groups in total. The molecule has 0 bridgehead atoms. The molecule has 4 rings (SSSR count). The molecule has 7 nitrogen and oxygen atoms in total. The van der Waals surface area contributed by atoms with Crippen LogP contribution in [-0.4, -0.2) is 66.1 Å². The molecule has 2 aromatic carbocycles. The lowest BCUT2D eigenvalue weighted by molar-refractivity contribution is -0.201. The van der Waals surface area contributed by atoms with Gasteiger partial charge in [-0.05, 0) is 41.3 Å². The zero-order chi connectivity index (χ0) is 28.4. The number of likely N-dealkylation sites (tertiary alicyclic amines) is 1. The molecule has 2 heterocycles. The van der Waals surface area contributed by atoms with Crippen molar-refractivity contribution in [2.75, 3.05) is 26.2 Å². The summed E-state index contributed by atoms with van der Waals surface area (Å²) >= 11 is 6.10. The second kappa shape index (κ2) is 11.7. The molecule has 0 aliphatic carbocycles. The Bertz CT molecular complexity index is 1220. The van der Waals surface area contributed by atoms with Crippen LogP contribution in [0.2, 0.25) is 5.02 Å². The molecule has 0 saturated carbocycles. The largest absolute Gasteiger partial charge is 0.491 e. The maximum absolute atomic E-state index is 13.9. The number of fused-ring (bicyclic) bond motifs is 1. The molecule has 2 aromatic rings. The Labute approximate surface area is 227 Å². The monoisotopic (exact) mass is 573 g/mol. The standard InChI is InChI=1S/C27H28ClF4NO6/c1-16(10-24(35)38-25(36)27(30,31)32)21-4-3-19(29)12-23(21)37-15-20(34)14-33-8-6-26(7-9-33)13-17-11-18(28)2-5-22(17)39-26/h2-5,11-12,16,20,34H,6-10,13-15H2,1H3/t16?,20-/m1/s1. The summed E-state index contributed by atoms with van der Waals surface area (Å²) in [4.78, 5) is 24.8. The molecule has 12 heteroatoms. The molecule has 1 unspecified atom stereocenters. The molecule has 2 aliphatic heterocycles. The van der Waals surface area contributed by atoms with E-state index in [1.165, 1.54) is 13.0 Å². The number of piperidine rings is 1.